The highest BCUT2D eigenvalue weighted by molar-refractivity contribution is 5.81. The Balaban J connectivity index is 2.08. The molecule has 27 heavy (non-hydrogen) atoms. The number of hydrogen-bond donors (Lipinski definition) is 5. The second kappa shape index (κ2) is 8.24. The molecule has 0 aromatic carbocycles. The molecule has 2 rings (SSSR count). The van der Waals surface area contributed by atoms with Crippen molar-refractivity contribution in [2.24, 2.45) is 11.3 Å². The van der Waals surface area contributed by atoms with Crippen LogP contribution < -0.4 is 0 Å². The van der Waals surface area contributed by atoms with Gasteiger partial charge in [-0.25, -0.2) is 0 Å². The number of ketones is 1. The predicted octanol–water partition coefficient (Wildman–Crippen LogP) is -0.496. The average molecular weight is 388 g/mol. The molecular formula is C19H32O8. The zero-order valence-corrected chi connectivity index (χ0v) is 16.3. The van der Waals surface area contributed by atoms with Crippen molar-refractivity contribution in [3.63, 3.8) is 0 Å². The molecule has 0 radical (unpaired) electrons. The molecule has 1 aliphatic carbocycles. The molecule has 1 aliphatic heterocycles. The molecule has 2 aliphatic rings. The van der Waals surface area contributed by atoms with Gasteiger partial charge in [0.2, 0.25) is 0 Å². The molecule has 8 heteroatoms. The van der Waals surface area contributed by atoms with Crippen LogP contribution >= 0.6 is 0 Å². The van der Waals surface area contributed by atoms with Crippen molar-refractivity contribution >= 4 is 5.78 Å². The number of aliphatic hydroxyl groups is 5. The van der Waals surface area contributed by atoms with Gasteiger partial charge in [-0.1, -0.05) is 32.9 Å². The number of hydrogen-bond acceptors (Lipinski definition) is 8. The molecule has 0 aromatic rings. The molecular weight excluding hydrogens is 356 g/mol. The molecule has 0 aromatic heterocycles. The molecule has 0 unspecified atom stereocenters. The fourth-order valence-electron chi connectivity index (χ4n) is 3.98. The monoisotopic (exact) mass is 388 g/mol. The van der Waals surface area contributed by atoms with Crippen LogP contribution in [0.25, 0.3) is 0 Å². The van der Waals surface area contributed by atoms with Gasteiger partial charge in [0.1, 0.15) is 30.2 Å². The molecule has 8 atom stereocenters. The Labute approximate surface area is 159 Å². The van der Waals surface area contributed by atoms with E-state index in [1.54, 1.807) is 19.1 Å². The molecule has 0 spiro atoms. The first-order valence-electron chi connectivity index (χ1n) is 9.32. The lowest BCUT2D eigenvalue weighted by Gasteiger charge is -2.48. The smallest absolute Gasteiger partial charge is 0.187 e. The summed E-state index contributed by atoms with van der Waals surface area (Å²) in [7, 11) is 0. The van der Waals surface area contributed by atoms with Gasteiger partial charge in [0.15, 0.2) is 6.29 Å². The summed E-state index contributed by atoms with van der Waals surface area (Å²) in [6, 6.07) is 0. The molecule has 1 saturated carbocycles. The second-order valence-corrected chi connectivity index (χ2v) is 8.43. The van der Waals surface area contributed by atoms with Gasteiger partial charge in [0.25, 0.3) is 0 Å². The third kappa shape index (κ3) is 4.42. The van der Waals surface area contributed by atoms with Crippen LogP contribution in [0.3, 0.4) is 0 Å². The summed E-state index contributed by atoms with van der Waals surface area (Å²) < 4.78 is 10.9. The van der Waals surface area contributed by atoms with Crippen molar-refractivity contribution in [3.8, 4) is 0 Å². The van der Waals surface area contributed by atoms with Gasteiger partial charge < -0.3 is 35.0 Å². The zero-order chi connectivity index (χ0) is 20.6. The van der Waals surface area contributed by atoms with E-state index in [1.165, 1.54) is 0 Å². The maximum absolute atomic E-state index is 11.9. The number of aliphatic hydroxyl groups excluding tert-OH is 4. The van der Waals surface area contributed by atoms with Gasteiger partial charge >= 0.3 is 0 Å². The summed E-state index contributed by atoms with van der Waals surface area (Å²) >= 11 is 0. The van der Waals surface area contributed by atoms with E-state index in [2.05, 4.69) is 0 Å². The van der Waals surface area contributed by atoms with Gasteiger partial charge in [-0.3, -0.25) is 4.79 Å². The Kier molecular flexibility index (Phi) is 6.85. The Morgan fingerprint density at radius 3 is 2.44 bits per heavy atom. The SMILES string of the molecule is C[C@H](/C=C/[C@]1(O)[C@@H](C)CC(=O)CC1(C)C)O[C@@H]1O[C@H](CO)[C@@H](O)[C@H](O)[C@H]1O. The minimum Gasteiger partial charge on any atom is -0.394 e. The van der Waals surface area contributed by atoms with Crippen molar-refractivity contribution < 1.29 is 39.8 Å². The van der Waals surface area contributed by atoms with E-state index in [4.69, 9.17) is 9.47 Å². The Bertz CT molecular complexity index is 560. The van der Waals surface area contributed by atoms with Crippen molar-refractivity contribution in [3.05, 3.63) is 12.2 Å². The first-order valence-corrected chi connectivity index (χ1v) is 9.32. The molecule has 1 heterocycles. The van der Waals surface area contributed by atoms with Crippen LogP contribution in [0.2, 0.25) is 0 Å². The van der Waals surface area contributed by atoms with E-state index in [1.807, 2.05) is 20.8 Å². The average Bonchev–Trinajstić information content (AvgIpc) is 2.58. The Hall–Kier alpha value is -0.870. The summed E-state index contributed by atoms with van der Waals surface area (Å²) in [5.41, 5.74) is -1.84. The summed E-state index contributed by atoms with van der Waals surface area (Å²) in [5, 5.41) is 50.1. The largest absolute Gasteiger partial charge is 0.394 e. The number of carbonyl (C=O) groups is 1. The van der Waals surface area contributed by atoms with E-state index in [-0.39, 0.29) is 18.1 Å². The Morgan fingerprint density at radius 1 is 1.26 bits per heavy atom. The Morgan fingerprint density at radius 2 is 1.89 bits per heavy atom. The summed E-state index contributed by atoms with van der Waals surface area (Å²) in [6.45, 7) is 6.65. The number of Topliss-reactive ketones (excluding diaryl/α,β-unsaturated/α-hetero) is 1. The second-order valence-electron chi connectivity index (χ2n) is 8.43. The van der Waals surface area contributed by atoms with E-state index in [9.17, 15) is 30.3 Å². The predicted molar refractivity (Wildman–Crippen MR) is 95.6 cm³/mol. The van der Waals surface area contributed by atoms with Crippen LogP contribution in [0.4, 0.5) is 0 Å². The third-order valence-electron chi connectivity index (χ3n) is 5.83. The lowest BCUT2D eigenvalue weighted by molar-refractivity contribution is -0.306. The van der Waals surface area contributed by atoms with Crippen LogP contribution in [0.1, 0.15) is 40.5 Å². The molecule has 8 nitrogen and oxygen atoms in total. The first kappa shape index (κ1) is 22.4. The van der Waals surface area contributed by atoms with E-state index < -0.39 is 54.4 Å². The van der Waals surface area contributed by atoms with E-state index in [0.717, 1.165) is 0 Å². The van der Waals surface area contributed by atoms with Crippen molar-refractivity contribution in [1.29, 1.82) is 0 Å². The van der Waals surface area contributed by atoms with Gasteiger partial charge in [-0.15, -0.1) is 0 Å². The highest BCUT2D eigenvalue weighted by atomic mass is 16.7. The van der Waals surface area contributed by atoms with Crippen molar-refractivity contribution in [2.75, 3.05) is 6.61 Å². The van der Waals surface area contributed by atoms with Crippen molar-refractivity contribution in [1.82, 2.24) is 0 Å². The molecule has 156 valence electrons. The molecule has 2 fully saturated rings. The van der Waals surface area contributed by atoms with Crippen LogP contribution in [-0.2, 0) is 14.3 Å². The summed E-state index contributed by atoms with van der Waals surface area (Å²) in [6.07, 6.45) is -3.51. The van der Waals surface area contributed by atoms with Gasteiger partial charge in [0.05, 0.1) is 18.3 Å². The topological polar surface area (TPSA) is 137 Å². The van der Waals surface area contributed by atoms with Crippen LogP contribution in [-0.4, -0.2) is 80.3 Å². The molecule has 0 amide bonds. The fourth-order valence-corrected chi connectivity index (χ4v) is 3.98. The van der Waals surface area contributed by atoms with Crippen molar-refractivity contribution in [2.45, 2.75) is 82.9 Å². The third-order valence-corrected chi connectivity index (χ3v) is 5.83. The van der Waals surface area contributed by atoms with E-state index >= 15 is 0 Å². The van der Waals surface area contributed by atoms with Gasteiger partial charge in [-0.05, 0) is 12.8 Å². The summed E-state index contributed by atoms with van der Waals surface area (Å²) in [5.74, 6) is -0.138. The normalized spacial score (nSPS) is 43.8. The fraction of sp³-hybridized carbons (Fsp3) is 0.842. The highest BCUT2D eigenvalue weighted by Gasteiger charge is 2.50. The minimum absolute atomic E-state index is 0.121. The maximum Gasteiger partial charge on any atom is 0.187 e. The molecule has 1 saturated heterocycles. The molecule has 5 N–H and O–H groups in total. The first-order chi connectivity index (χ1) is 12.4. The number of rotatable bonds is 5. The standard InChI is InChI=1S/C19H32O8/c1-10-7-12(21)8-18(3,4)19(10,25)6-5-11(2)26-17-16(24)15(23)14(22)13(9-20)27-17/h5-6,10-11,13-17,20,22-25H,7-9H2,1-4H3/b6-5+/t10-,11+,13+,14+,15-,16+,17+,19-/m0/s1. The summed E-state index contributed by atoms with van der Waals surface area (Å²) in [4.78, 5) is 11.9. The van der Waals surface area contributed by atoms with Gasteiger partial charge in [0, 0.05) is 18.3 Å². The lowest BCUT2D eigenvalue weighted by atomic mass is 9.60. The lowest BCUT2D eigenvalue weighted by Crippen LogP contribution is -2.59. The van der Waals surface area contributed by atoms with Crippen LogP contribution in [0.15, 0.2) is 12.2 Å². The quantitative estimate of drug-likeness (QED) is 0.398. The van der Waals surface area contributed by atoms with E-state index in [0.29, 0.717) is 6.42 Å². The molecule has 0 bridgehead atoms. The highest BCUT2D eigenvalue weighted by Crippen LogP contribution is 2.46. The number of ether oxygens (including phenoxy) is 2. The minimum atomic E-state index is -1.51. The maximum atomic E-state index is 11.9. The van der Waals surface area contributed by atoms with Crippen LogP contribution in [0, 0.1) is 11.3 Å². The van der Waals surface area contributed by atoms with Gasteiger partial charge in [-0.2, -0.15) is 0 Å². The van der Waals surface area contributed by atoms with Crippen LogP contribution in [0.5, 0.6) is 0 Å². The zero-order valence-electron chi connectivity index (χ0n) is 16.3. The number of carbonyl (C=O) groups excluding carboxylic acids is 1.